The molecule has 0 saturated carbocycles. The van der Waals surface area contributed by atoms with Crippen LogP contribution in [0.15, 0.2) is 0 Å². The maximum absolute atomic E-state index is 11.9. The van der Waals surface area contributed by atoms with Crippen LogP contribution in [0.5, 0.6) is 0 Å². The molecule has 1 aliphatic rings. The zero-order valence-corrected chi connectivity index (χ0v) is 11.3. The van der Waals surface area contributed by atoms with Gasteiger partial charge in [0.1, 0.15) is 0 Å². The highest BCUT2D eigenvalue weighted by Gasteiger charge is 2.23. The van der Waals surface area contributed by atoms with Crippen LogP contribution in [0.3, 0.4) is 0 Å². The Hall–Kier alpha value is -1.10. The first kappa shape index (κ1) is 15.0. The van der Waals surface area contributed by atoms with Crippen molar-refractivity contribution in [2.45, 2.75) is 51.5 Å². The van der Waals surface area contributed by atoms with Crippen LogP contribution in [0.25, 0.3) is 0 Å². The van der Waals surface area contributed by atoms with Crippen LogP contribution in [-0.2, 0) is 9.59 Å². The SMILES string of the molecule is CC(C)(CCC(=O)O)NC(=O)CC1CCCNC1. The molecule has 5 heteroatoms. The Bertz CT molecular complexity index is 297. The standard InChI is InChI=1S/C13H24N2O3/c1-13(2,6-5-12(17)18)15-11(16)8-10-4-3-7-14-9-10/h10,14H,3-9H2,1-2H3,(H,15,16)(H,17,18). The van der Waals surface area contributed by atoms with Crippen LogP contribution in [-0.4, -0.2) is 35.6 Å². The van der Waals surface area contributed by atoms with Gasteiger partial charge in [-0.1, -0.05) is 0 Å². The summed E-state index contributed by atoms with van der Waals surface area (Å²) < 4.78 is 0. The number of carboxylic acids is 1. The van der Waals surface area contributed by atoms with Crippen molar-refractivity contribution in [3.8, 4) is 0 Å². The van der Waals surface area contributed by atoms with E-state index < -0.39 is 11.5 Å². The highest BCUT2D eigenvalue weighted by Crippen LogP contribution is 2.16. The summed E-state index contributed by atoms with van der Waals surface area (Å²) in [5.41, 5.74) is -0.447. The van der Waals surface area contributed by atoms with E-state index in [1.165, 1.54) is 0 Å². The third-order valence-corrected chi connectivity index (χ3v) is 3.31. The number of hydrogen-bond acceptors (Lipinski definition) is 3. The van der Waals surface area contributed by atoms with Crippen molar-refractivity contribution in [1.82, 2.24) is 10.6 Å². The molecule has 0 aromatic carbocycles. The number of piperidine rings is 1. The van der Waals surface area contributed by atoms with Gasteiger partial charge in [-0.15, -0.1) is 0 Å². The van der Waals surface area contributed by atoms with Crippen molar-refractivity contribution in [2.75, 3.05) is 13.1 Å². The fourth-order valence-electron chi connectivity index (χ4n) is 2.27. The number of hydrogen-bond donors (Lipinski definition) is 3. The van der Waals surface area contributed by atoms with Crippen molar-refractivity contribution in [1.29, 1.82) is 0 Å². The van der Waals surface area contributed by atoms with E-state index in [0.29, 0.717) is 18.8 Å². The van der Waals surface area contributed by atoms with Crippen molar-refractivity contribution in [3.63, 3.8) is 0 Å². The third kappa shape index (κ3) is 6.00. The summed E-state index contributed by atoms with van der Waals surface area (Å²) in [6.07, 6.45) is 3.29. The molecule has 1 amide bonds. The monoisotopic (exact) mass is 256 g/mol. The average molecular weight is 256 g/mol. The number of carbonyl (C=O) groups is 2. The lowest BCUT2D eigenvalue weighted by Crippen LogP contribution is -2.45. The molecule has 0 bridgehead atoms. The minimum absolute atomic E-state index is 0.0269. The van der Waals surface area contributed by atoms with Crippen LogP contribution in [0.4, 0.5) is 0 Å². The summed E-state index contributed by atoms with van der Waals surface area (Å²) in [4.78, 5) is 22.4. The van der Waals surface area contributed by atoms with Crippen LogP contribution in [0, 0.1) is 5.92 Å². The van der Waals surface area contributed by atoms with Crippen LogP contribution in [0.2, 0.25) is 0 Å². The van der Waals surface area contributed by atoms with Gasteiger partial charge in [0, 0.05) is 18.4 Å². The molecule has 104 valence electrons. The highest BCUT2D eigenvalue weighted by molar-refractivity contribution is 5.77. The van der Waals surface area contributed by atoms with E-state index in [1.54, 1.807) is 0 Å². The van der Waals surface area contributed by atoms with E-state index in [2.05, 4.69) is 10.6 Å². The number of carbonyl (C=O) groups excluding carboxylic acids is 1. The molecule has 0 aromatic heterocycles. The Morgan fingerprint density at radius 1 is 1.44 bits per heavy atom. The summed E-state index contributed by atoms with van der Waals surface area (Å²) in [7, 11) is 0. The first-order valence-electron chi connectivity index (χ1n) is 6.62. The molecule has 3 N–H and O–H groups in total. The van der Waals surface area contributed by atoms with Crippen LogP contribution < -0.4 is 10.6 Å². The van der Waals surface area contributed by atoms with Gasteiger partial charge >= 0.3 is 5.97 Å². The van der Waals surface area contributed by atoms with Gasteiger partial charge in [-0.05, 0) is 52.1 Å². The molecule has 1 unspecified atom stereocenters. The molecule has 1 rings (SSSR count). The fourth-order valence-corrected chi connectivity index (χ4v) is 2.27. The van der Waals surface area contributed by atoms with Gasteiger partial charge < -0.3 is 15.7 Å². The fraction of sp³-hybridized carbons (Fsp3) is 0.846. The molecule has 1 fully saturated rings. The molecule has 0 aromatic rings. The van der Waals surface area contributed by atoms with E-state index in [9.17, 15) is 9.59 Å². The largest absolute Gasteiger partial charge is 0.481 e. The van der Waals surface area contributed by atoms with E-state index in [-0.39, 0.29) is 12.3 Å². The molecule has 0 spiro atoms. The van der Waals surface area contributed by atoms with Gasteiger partial charge in [-0.2, -0.15) is 0 Å². The van der Waals surface area contributed by atoms with E-state index in [1.807, 2.05) is 13.8 Å². The normalized spacial score (nSPS) is 20.4. The van der Waals surface area contributed by atoms with Crippen molar-refractivity contribution in [3.05, 3.63) is 0 Å². The van der Waals surface area contributed by atoms with Gasteiger partial charge in [0.25, 0.3) is 0 Å². The zero-order valence-electron chi connectivity index (χ0n) is 11.3. The smallest absolute Gasteiger partial charge is 0.303 e. The van der Waals surface area contributed by atoms with E-state index in [0.717, 1.165) is 25.9 Å². The Morgan fingerprint density at radius 3 is 2.72 bits per heavy atom. The molecule has 5 nitrogen and oxygen atoms in total. The third-order valence-electron chi connectivity index (χ3n) is 3.31. The molecular formula is C13H24N2O3. The van der Waals surface area contributed by atoms with E-state index in [4.69, 9.17) is 5.11 Å². The first-order valence-corrected chi connectivity index (χ1v) is 6.62. The maximum atomic E-state index is 11.9. The number of amides is 1. The molecule has 18 heavy (non-hydrogen) atoms. The number of rotatable bonds is 6. The molecule has 1 saturated heterocycles. The maximum Gasteiger partial charge on any atom is 0.303 e. The lowest BCUT2D eigenvalue weighted by molar-refractivity contribution is -0.137. The van der Waals surface area contributed by atoms with Crippen molar-refractivity contribution in [2.24, 2.45) is 5.92 Å². The summed E-state index contributed by atoms with van der Waals surface area (Å²) in [5.74, 6) is -0.387. The number of aliphatic carboxylic acids is 1. The summed E-state index contributed by atoms with van der Waals surface area (Å²) in [6, 6.07) is 0. The number of carboxylic acid groups (broad SMARTS) is 1. The molecular weight excluding hydrogens is 232 g/mol. The van der Waals surface area contributed by atoms with Gasteiger partial charge in [-0.3, -0.25) is 9.59 Å². The average Bonchev–Trinajstić information content (AvgIpc) is 2.27. The predicted octanol–water partition coefficient (Wildman–Crippen LogP) is 1.14. The number of nitrogens with one attached hydrogen (secondary N) is 2. The quantitative estimate of drug-likeness (QED) is 0.666. The lowest BCUT2D eigenvalue weighted by Gasteiger charge is -2.28. The Morgan fingerprint density at radius 2 is 2.17 bits per heavy atom. The molecule has 1 aliphatic heterocycles. The van der Waals surface area contributed by atoms with Gasteiger partial charge in [0.05, 0.1) is 0 Å². The predicted molar refractivity (Wildman–Crippen MR) is 69.3 cm³/mol. The summed E-state index contributed by atoms with van der Waals surface area (Å²) >= 11 is 0. The second kappa shape index (κ2) is 6.73. The first-order chi connectivity index (χ1) is 8.39. The molecule has 0 radical (unpaired) electrons. The molecule has 0 aliphatic carbocycles. The van der Waals surface area contributed by atoms with Crippen LogP contribution >= 0.6 is 0 Å². The van der Waals surface area contributed by atoms with Gasteiger partial charge in [0.2, 0.25) is 5.91 Å². The van der Waals surface area contributed by atoms with Crippen molar-refractivity contribution >= 4 is 11.9 Å². The topological polar surface area (TPSA) is 78.4 Å². The van der Waals surface area contributed by atoms with Gasteiger partial charge in [-0.25, -0.2) is 0 Å². The lowest BCUT2D eigenvalue weighted by atomic mass is 9.94. The molecule has 1 heterocycles. The Balaban J connectivity index is 2.30. The van der Waals surface area contributed by atoms with Crippen molar-refractivity contribution < 1.29 is 14.7 Å². The van der Waals surface area contributed by atoms with Crippen LogP contribution in [0.1, 0.15) is 46.0 Å². The molecule has 1 atom stereocenters. The van der Waals surface area contributed by atoms with E-state index >= 15 is 0 Å². The zero-order chi connectivity index (χ0) is 13.6. The Labute approximate surface area is 108 Å². The summed E-state index contributed by atoms with van der Waals surface area (Å²) in [5, 5.41) is 14.9. The minimum atomic E-state index is -0.825. The summed E-state index contributed by atoms with van der Waals surface area (Å²) in [6.45, 7) is 5.69. The second-order valence-electron chi connectivity index (χ2n) is 5.74. The minimum Gasteiger partial charge on any atom is -0.481 e. The second-order valence-corrected chi connectivity index (χ2v) is 5.74. The van der Waals surface area contributed by atoms with Gasteiger partial charge in [0.15, 0.2) is 0 Å². The Kier molecular flexibility index (Phi) is 5.59. The highest BCUT2D eigenvalue weighted by atomic mass is 16.4.